The third-order valence-electron chi connectivity index (χ3n) is 4.13. The fourth-order valence-corrected chi connectivity index (χ4v) is 2.86. The Kier molecular flexibility index (Phi) is 5.45. The van der Waals surface area contributed by atoms with E-state index in [0.717, 1.165) is 51.9 Å². The van der Waals surface area contributed by atoms with Crippen LogP contribution in [0.25, 0.3) is 0 Å². The van der Waals surface area contributed by atoms with Gasteiger partial charge < -0.3 is 15.0 Å². The van der Waals surface area contributed by atoms with Crippen LogP contribution in [-0.2, 0) is 9.53 Å². The van der Waals surface area contributed by atoms with E-state index < -0.39 is 0 Å². The van der Waals surface area contributed by atoms with Gasteiger partial charge in [-0.25, -0.2) is 0 Å². The van der Waals surface area contributed by atoms with Gasteiger partial charge in [-0.15, -0.1) is 0 Å². The summed E-state index contributed by atoms with van der Waals surface area (Å²) >= 11 is 0. The molecule has 1 unspecified atom stereocenters. The first-order valence-electron chi connectivity index (χ1n) is 7.34. The maximum atomic E-state index is 12.2. The zero-order valence-electron chi connectivity index (χ0n) is 11.5. The minimum atomic E-state index is 0.239. The number of carbonyl (C=O) groups excluding carboxylic acids is 1. The van der Waals surface area contributed by atoms with Crippen LogP contribution in [0.1, 0.15) is 38.5 Å². The summed E-state index contributed by atoms with van der Waals surface area (Å²) in [4.78, 5) is 14.1. The highest BCUT2D eigenvalue weighted by Gasteiger charge is 2.24. The van der Waals surface area contributed by atoms with Gasteiger partial charge in [0.1, 0.15) is 0 Å². The summed E-state index contributed by atoms with van der Waals surface area (Å²) in [6.07, 6.45) is 6.98. The van der Waals surface area contributed by atoms with Gasteiger partial charge >= 0.3 is 0 Å². The SMILES string of the molecule is CN(CCC1CCCCO1)C(=O)C1CCNCC1. The van der Waals surface area contributed by atoms with Crippen LogP contribution in [0.15, 0.2) is 0 Å². The highest BCUT2D eigenvalue weighted by atomic mass is 16.5. The van der Waals surface area contributed by atoms with Crippen LogP contribution in [0.4, 0.5) is 0 Å². The van der Waals surface area contributed by atoms with Gasteiger partial charge in [0, 0.05) is 26.1 Å². The normalized spacial score (nSPS) is 25.9. The highest BCUT2D eigenvalue weighted by molar-refractivity contribution is 5.78. The van der Waals surface area contributed by atoms with Crippen molar-refractivity contribution in [3.8, 4) is 0 Å². The van der Waals surface area contributed by atoms with Gasteiger partial charge in [0.05, 0.1) is 6.10 Å². The van der Waals surface area contributed by atoms with Gasteiger partial charge in [0.15, 0.2) is 0 Å². The van der Waals surface area contributed by atoms with Crippen LogP contribution in [0.2, 0.25) is 0 Å². The molecule has 4 nitrogen and oxygen atoms in total. The third kappa shape index (κ3) is 3.95. The van der Waals surface area contributed by atoms with E-state index in [1.165, 1.54) is 12.8 Å². The van der Waals surface area contributed by atoms with Crippen molar-refractivity contribution in [1.29, 1.82) is 0 Å². The standard InChI is InChI=1S/C14H26N2O2/c1-16(10-7-13-4-2-3-11-18-13)14(17)12-5-8-15-9-6-12/h12-13,15H,2-11H2,1H3. The molecule has 1 amide bonds. The molecule has 2 aliphatic heterocycles. The van der Waals surface area contributed by atoms with Gasteiger partial charge in [-0.3, -0.25) is 4.79 Å². The summed E-state index contributed by atoms with van der Waals surface area (Å²) in [5, 5.41) is 3.30. The fourth-order valence-electron chi connectivity index (χ4n) is 2.86. The van der Waals surface area contributed by atoms with Crippen LogP contribution < -0.4 is 5.32 Å². The molecule has 1 N–H and O–H groups in total. The molecular weight excluding hydrogens is 228 g/mol. The number of hydrogen-bond acceptors (Lipinski definition) is 3. The second kappa shape index (κ2) is 7.10. The lowest BCUT2D eigenvalue weighted by Crippen LogP contribution is -2.40. The van der Waals surface area contributed by atoms with Gasteiger partial charge in [0.2, 0.25) is 5.91 Å². The molecule has 0 aromatic rings. The molecule has 0 aromatic heterocycles. The van der Waals surface area contributed by atoms with E-state index in [1.807, 2.05) is 11.9 Å². The number of amides is 1. The van der Waals surface area contributed by atoms with Gasteiger partial charge in [-0.05, 0) is 51.6 Å². The Bertz CT molecular complexity index is 259. The lowest BCUT2D eigenvalue weighted by Gasteiger charge is -2.29. The quantitative estimate of drug-likeness (QED) is 0.824. The van der Waals surface area contributed by atoms with Gasteiger partial charge in [-0.1, -0.05) is 0 Å². The summed E-state index contributed by atoms with van der Waals surface area (Å²) < 4.78 is 5.71. The summed E-state index contributed by atoms with van der Waals surface area (Å²) in [5.41, 5.74) is 0. The molecule has 0 radical (unpaired) electrons. The molecular formula is C14H26N2O2. The summed E-state index contributed by atoms with van der Waals surface area (Å²) in [6.45, 7) is 3.70. The Labute approximate surface area is 110 Å². The van der Waals surface area contributed by atoms with Crippen LogP contribution in [0.5, 0.6) is 0 Å². The number of hydrogen-bond donors (Lipinski definition) is 1. The van der Waals surface area contributed by atoms with E-state index in [-0.39, 0.29) is 5.92 Å². The number of ether oxygens (including phenoxy) is 1. The van der Waals surface area contributed by atoms with Gasteiger partial charge in [0.25, 0.3) is 0 Å². The molecule has 0 aromatic carbocycles. The zero-order chi connectivity index (χ0) is 12.8. The largest absolute Gasteiger partial charge is 0.378 e. The van der Waals surface area contributed by atoms with Crippen molar-refractivity contribution in [3.63, 3.8) is 0 Å². The molecule has 18 heavy (non-hydrogen) atoms. The zero-order valence-corrected chi connectivity index (χ0v) is 11.5. The summed E-state index contributed by atoms with van der Waals surface area (Å²) in [6, 6.07) is 0. The average molecular weight is 254 g/mol. The van der Waals surface area contributed by atoms with Crippen LogP contribution in [0, 0.1) is 5.92 Å². The van der Waals surface area contributed by atoms with E-state index in [0.29, 0.717) is 12.0 Å². The minimum absolute atomic E-state index is 0.239. The Morgan fingerprint density at radius 1 is 1.28 bits per heavy atom. The van der Waals surface area contributed by atoms with Crippen LogP contribution in [-0.4, -0.2) is 50.2 Å². The second-order valence-corrected chi connectivity index (χ2v) is 5.56. The summed E-state index contributed by atoms with van der Waals surface area (Å²) in [7, 11) is 1.94. The molecule has 2 heterocycles. The van der Waals surface area contributed by atoms with Crippen LogP contribution >= 0.6 is 0 Å². The van der Waals surface area contributed by atoms with Crippen molar-refractivity contribution < 1.29 is 9.53 Å². The number of piperidine rings is 1. The average Bonchev–Trinajstić information content (AvgIpc) is 2.46. The van der Waals surface area contributed by atoms with Crippen molar-refractivity contribution >= 4 is 5.91 Å². The molecule has 2 fully saturated rings. The van der Waals surface area contributed by atoms with Crippen LogP contribution in [0.3, 0.4) is 0 Å². The third-order valence-corrected chi connectivity index (χ3v) is 4.13. The van der Waals surface area contributed by atoms with Crippen molar-refractivity contribution in [1.82, 2.24) is 10.2 Å². The van der Waals surface area contributed by atoms with Gasteiger partial charge in [-0.2, -0.15) is 0 Å². The topological polar surface area (TPSA) is 41.6 Å². The van der Waals surface area contributed by atoms with Crippen molar-refractivity contribution in [2.45, 2.75) is 44.6 Å². The number of carbonyl (C=O) groups is 1. The van der Waals surface area contributed by atoms with E-state index in [9.17, 15) is 4.79 Å². The molecule has 2 aliphatic rings. The van der Waals surface area contributed by atoms with E-state index in [2.05, 4.69) is 5.32 Å². The highest BCUT2D eigenvalue weighted by Crippen LogP contribution is 2.18. The summed E-state index contributed by atoms with van der Waals surface area (Å²) in [5.74, 6) is 0.566. The van der Waals surface area contributed by atoms with E-state index >= 15 is 0 Å². The smallest absolute Gasteiger partial charge is 0.225 e. The lowest BCUT2D eigenvalue weighted by molar-refractivity contribution is -0.135. The second-order valence-electron chi connectivity index (χ2n) is 5.56. The van der Waals surface area contributed by atoms with Crippen molar-refractivity contribution in [3.05, 3.63) is 0 Å². The predicted octanol–water partition coefficient (Wildman–Crippen LogP) is 1.40. The molecule has 2 rings (SSSR count). The molecule has 104 valence electrons. The molecule has 2 saturated heterocycles. The fraction of sp³-hybridized carbons (Fsp3) is 0.929. The lowest BCUT2D eigenvalue weighted by atomic mass is 9.96. The monoisotopic (exact) mass is 254 g/mol. The Balaban J connectivity index is 1.69. The molecule has 0 bridgehead atoms. The molecule has 0 spiro atoms. The first-order chi connectivity index (χ1) is 8.77. The molecule has 0 saturated carbocycles. The predicted molar refractivity (Wildman–Crippen MR) is 71.4 cm³/mol. The number of rotatable bonds is 4. The minimum Gasteiger partial charge on any atom is -0.378 e. The number of nitrogens with zero attached hydrogens (tertiary/aromatic N) is 1. The number of nitrogens with one attached hydrogen (secondary N) is 1. The van der Waals surface area contributed by atoms with Crippen molar-refractivity contribution in [2.75, 3.05) is 33.3 Å². The maximum Gasteiger partial charge on any atom is 0.225 e. The maximum absolute atomic E-state index is 12.2. The first-order valence-corrected chi connectivity index (χ1v) is 7.34. The Morgan fingerprint density at radius 3 is 2.72 bits per heavy atom. The van der Waals surface area contributed by atoms with E-state index in [4.69, 9.17) is 4.74 Å². The molecule has 0 aliphatic carbocycles. The Morgan fingerprint density at radius 2 is 2.06 bits per heavy atom. The molecule has 1 atom stereocenters. The van der Waals surface area contributed by atoms with E-state index in [1.54, 1.807) is 0 Å². The van der Waals surface area contributed by atoms with Crippen molar-refractivity contribution in [2.24, 2.45) is 5.92 Å². The Hall–Kier alpha value is -0.610. The molecule has 4 heteroatoms. The first kappa shape index (κ1) is 13.8.